The number of carbonyl (C=O) groups excluding carboxylic acids is 3. The summed E-state index contributed by atoms with van der Waals surface area (Å²) in [6.07, 6.45) is -0.986. The Morgan fingerprint density at radius 3 is 2.64 bits per heavy atom. The van der Waals surface area contributed by atoms with Crippen molar-refractivity contribution in [3.63, 3.8) is 0 Å². The number of aromatic hydroxyl groups is 1. The SMILES string of the molecule is CC(=O)NCc1ccc(C(=O)C(C)OC(=O)c2cccc(C)c2O)s1. The Hall–Kier alpha value is -2.67. The smallest absolute Gasteiger partial charge is 0.342 e. The molecule has 132 valence electrons. The highest BCUT2D eigenvalue weighted by Gasteiger charge is 2.23. The lowest BCUT2D eigenvalue weighted by Gasteiger charge is -2.12. The van der Waals surface area contributed by atoms with Gasteiger partial charge in [0, 0.05) is 11.8 Å². The summed E-state index contributed by atoms with van der Waals surface area (Å²) in [5.41, 5.74) is 0.575. The molecule has 2 aromatic rings. The van der Waals surface area contributed by atoms with Crippen molar-refractivity contribution < 1.29 is 24.2 Å². The predicted octanol–water partition coefficient (Wildman–Crippen LogP) is 2.83. The fourth-order valence-corrected chi connectivity index (χ4v) is 3.08. The lowest BCUT2D eigenvalue weighted by atomic mass is 10.1. The standard InChI is InChI=1S/C18H19NO5S/c1-10-5-4-6-14(16(10)21)18(23)24-11(2)17(22)15-8-7-13(25-15)9-19-12(3)20/h4-8,11,21H,9H2,1-3H3,(H,19,20). The van der Waals surface area contributed by atoms with Gasteiger partial charge in [0.1, 0.15) is 11.3 Å². The minimum atomic E-state index is -0.986. The van der Waals surface area contributed by atoms with E-state index in [0.717, 1.165) is 4.88 Å². The molecule has 2 N–H and O–H groups in total. The summed E-state index contributed by atoms with van der Waals surface area (Å²) in [6, 6.07) is 8.13. The largest absolute Gasteiger partial charge is 0.507 e. The number of rotatable bonds is 6. The van der Waals surface area contributed by atoms with Crippen molar-refractivity contribution in [3.05, 3.63) is 51.2 Å². The average molecular weight is 361 g/mol. The topological polar surface area (TPSA) is 92.7 Å². The van der Waals surface area contributed by atoms with E-state index in [9.17, 15) is 19.5 Å². The Morgan fingerprint density at radius 2 is 1.96 bits per heavy atom. The second-order valence-corrected chi connectivity index (χ2v) is 6.73. The fraction of sp³-hybridized carbons (Fsp3) is 0.278. The molecule has 7 heteroatoms. The second kappa shape index (κ2) is 7.94. The van der Waals surface area contributed by atoms with Gasteiger partial charge in [0.05, 0.1) is 11.4 Å². The minimum Gasteiger partial charge on any atom is -0.507 e. The van der Waals surface area contributed by atoms with Crippen LogP contribution in [0, 0.1) is 6.92 Å². The number of thiophene rings is 1. The molecule has 0 spiro atoms. The zero-order valence-corrected chi connectivity index (χ0v) is 15.0. The predicted molar refractivity (Wildman–Crippen MR) is 93.9 cm³/mol. The van der Waals surface area contributed by atoms with Gasteiger partial charge in [-0.1, -0.05) is 12.1 Å². The normalized spacial score (nSPS) is 11.6. The highest BCUT2D eigenvalue weighted by Crippen LogP contribution is 2.24. The molecule has 0 saturated carbocycles. The van der Waals surface area contributed by atoms with E-state index in [1.165, 1.54) is 31.3 Å². The Labute approximate surface area is 149 Å². The number of carbonyl (C=O) groups is 3. The molecule has 1 amide bonds. The molecule has 0 fully saturated rings. The molecule has 6 nitrogen and oxygen atoms in total. The summed E-state index contributed by atoms with van der Waals surface area (Å²) in [7, 11) is 0. The van der Waals surface area contributed by atoms with E-state index < -0.39 is 12.1 Å². The van der Waals surface area contributed by atoms with Gasteiger partial charge in [-0.3, -0.25) is 9.59 Å². The van der Waals surface area contributed by atoms with Crippen molar-refractivity contribution in [2.24, 2.45) is 0 Å². The molecule has 1 heterocycles. The first-order chi connectivity index (χ1) is 11.8. The summed E-state index contributed by atoms with van der Waals surface area (Å²) >= 11 is 1.23. The van der Waals surface area contributed by atoms with Crippen molar-refractivity contribution in [1.82, 2.24) is 5.32 Å². The number of para-hydroxylation sites is 1. The van der Waals surface area contributed by atoms with E-state index in [4.69, 9.17) is 4.74 Å². The number of ether oxygens (including phenoxy) is 1. The molecule has 1 aromatic carbocycles. The van der Waals surface area contributed by atoms with Crippen LogP contribution in [0.4, 0.5) is 0 Å². The number of hydrogen-bond donors (Lipinski definition) is 2. The molecule has 0 bridgehead atoms. The molecule has 25 heavy (non-hydrogen) atoms. The number of benzene rings is 1. The third kappa shape index (κ3) is 4.67. The monoisotopic (exact) mass is 361 g/mol. The first-order valence-corrected chi connectivity index (χ1v) is 8.48. The van der Waals surface area contributed by atoms with Crippen LogP contribution in [0.2, 0.25) is 0 Å². The van der Waals surface area contributed by atoms with Crippen molar-refractivity contribution in [1.29, 1.82) is 0 Å². The van der Waals surface area contributed by atoms with E-state index in [-0.39, 0.29) is 23.0 Å². The van der Waals surface area contributed by atoms with Crippen LogP contribution in [0.1, 0.15) is 44.3 Å². The van der Waals surface area contributed by atoms with Crippen LogP contribution in [0.3, 0.4) is 0 Å². The highest BCUT2D eigenvalue weighted by atomic mass is 32.1. The summed E-state index contributed by atoms with van der Waals surface area (Å²) < 4.78 is 5.18. The van der Waals surface area contributed by atoms with Gasteiger partial charge < -0.3 is 15.2 Å². The number of aryl methyl sites for hydroxylation is 1. The fourth-order valence-electron chi connectivity index (χ4n) is 2.12. The van der Waals surface area contributed by atoms with Gasteiger partial charge in [0.25, 0.3) is 0 Å². The van der Waals surface area contributed by atoms with Gasteiger partial charge in [0.2, 0.25) is 11.7 Å². The first-order valence-electron chi connectivity index (χ1n) is 7.66. The van der Waals surface area contributed by atoms with Crippen LogP contribution in [0.5, 0.6) is 5.75 Å². The van der Waals surface area contributed by atoms with Crippen LogP contribution in [-0.4, -0.2) is 28.9 Å². The number of amides is 1. The molecular weight excluding hydrogens is 342 g/mol. The van der Waals surface area contributed by atoms with Crippen LogP contribution in [0.15, 0.2) is 30.3 Å². The summed E-state index contributed by atoms with van der Waals surface area (Å²) in [6.45, 7) is 4.92. The molecular formula is C18H19NO5S. The maximum Gasteiger partial charge on any atom is 0.342 e. The molecule has 1 aromatic heterocycles. The number of phenolic OH excluding ortho intramolecular Hbond substituents is 1. The third-order valence-electron chi connectivity index (χ3n) is 3.53. The van der Waals surface area contributed by atoms with Gasteiger partial charge in [-0.2, -0.15) is 0 Å². The average Bonchev–Trinajstić information content (AvgIpc) is 3.03. The van der Waals surface area contributed by atoms with E-state index in [0.29, 0.717) is 17.0 Å². The number of hydrogen-bond acceptors (Lipinski definition) is 6. The second-order valence-electron chi connectivity index (χ2n) is 5.56. The maximum absolute atomic E-state index is 12.4. The van der Waals surface area contributed by atoms with Crippen molar-refractivity contribution in [2.45, 2.75) is 33.4 Å². The van der Waals surface area contributed by atoms with Crippen LogP contribution in [-0.2, 0) is 16.1 Å². The summed E-state index contributed by atoms with van der Waals surface area (Å²) in [4.78, 5) is 36.8. The number of nitrogens with one attached hydrogen (secondary N) is 1. The molecule has 0 saturated heterocycles. The zero-order valence-electron chi connectivity index (χ0n) is 14.2. The van der Waals surface area contributed by atoms with Crippen LogP contribution >= 0.6 is 11.3 Å². The van der Waals surface area contributed by atoms with Gasteiger partial charge in [-0.15, -0.1) is 11.3 Å². The molecule has 1 atom stereocenters. The molecule has 0 aliphatic carbocycles. The zero-order chi connectivity index (χ0) is 18.6. The Kier molecular flexibility index (Phi) is 5.93. The quantitative estimate of drug-likeness (QED) is 0.610. The van der Waals surface area contributed by atoms with Gasteiger partial charge in [0.15, 0.2) is 6.10 Å². The Bertz CT molecular complexity index is 812. The molecule has 0 aliphatic heterocycles. The lowest BCUT2D eigenvalue weighted by molar-refractivity contribution is -0.119. The van der Waals surface area contributed by atoms with Crippen LogP contribution < -0.4 is 5.32 Å². The minimum absolute atomic E-state index is 0.0252. The summed E-state index contributed by atoms with van der Waals surface area (Å²) in [5.74, 6) is -1.39. The van der Waals surface area contributed by atoms with Crippen molar-refractivity contribution in [2.75, 3.05) is 0 Å². The lowest BCUT2D eigenvalue weighted by Crippen LogP contribution is -2.24. The van der Waals surface area contributed by atoms with E-state index >= 15 is 0 Å². The Morgan fingerprint density at radius 1 is 1.24 bits per heavy atom. The van der Waals surface area contributed by atoms with E-state index in [2.05, 4.69) is 5.32 Å². The van der Waals surface area contributed by atoms with Crippen LogP contribution in [0.25, 0.3) is 0 Å². The van der Waals surface area contributed by atoms with E-state index in [1.54, 1.807) is 31.2 Å². The first kappa shape index (κ1) is 18.7. The molecule has 1 unspecified atom stereocenters. The number of phenols is 1. The van der Waals surface area contributed by atoms with Gasteiger partial charge >= 0.3 is 5.97 Å². The summed E-state index contributed by atoms with van der Waals surface area (Å²) in [5, 5.41) is 12.6. The Balaban J connectivity index is 2.03. The van der Waals surface area contributed by atoms with Gasteiger partial charge in [-0.25, -0.2) is 4.79 Å². The number of esters is 1. The third-order valence-corrected chi connectivity index (χ3v) is 4.63. The highest BCUT2D eigenvalue weighted by molar-refractivity contribution is 7.14. The van der Waals surface area contributed by atoms with Crippen molar-refractivity contribution >= 4 is 29.0 Å². The maximum atomic E-state index is 12.4. The number of Topliss-reactive ketones (excluding diaryl/α,β-unsaturated/α-hetero) is 1. The van der Waals surface area contributed by atoms with Crippen molar-refractivity contribution in [3.8, 4) is 5.75 Å². The molecule has 0 radical (unpaired) electrons. The molecule has 0 aliphatic rings. The van der Waals surface area contributed by atoms with E-state index in [1.807, 2.05) is 0 Å². The molecule has 2 rings (SSSR count). The van der Waals surface area contributed by atoms with Gasteiger partial charge in [-0.05, 0) is 37.6 Å². The number of ketones is 1.